The topological polar surface area (TPSA) is 34.4 Å². The van der Waals surface area contributed by atoms with E-state index in [1.54, 1.807) is 0 Å². The summed E-state index contributed by atoms with van der Waals surface area (Å²) in [6.07, 6.45) is 2.74. The van der Waals surface area contributed by atoms with E-state index in [0.717, 1.165) is 33.2 Å². The molecule has 3 aromatic rings. The van der Waals surface area contributed by atoms with Crippen LogP contribution in [0.15, 0.2) is 47.1 Å². The molecule has 0 N–H and O–H groups in total. The van der Waals surface area contributed by atoms with Gasteiger partial charge in [0.1, 0.15) is 11.5 Å². The van der Waals surface area contributed by atoms with Crippen molar-refractivity contribution >= 4 is 27.7 Å². The Morgan fingerprint density at radius 3 is 2.63 bits per heavy atom. The number of carbonyl (C=O) groups is 1. The normalized spacial score (nSPS) is 10.8. The number of rotatable bonds is 2. The number of benzene rings is 1. The van der Waals surface area contributed by atoms with Crippen LogP contribution < -0.4 is 0 Å². The molecule has 1 aromatic carbocycles. The van der Waals surface area contributed by atoms with Gasteiger partial charge >= 0.3 is 0 Å². The van der Waals surface area contributed by atoms with Crippen LogP contribution in [-0.4, -0.2) is 15.7 Å². The summed E-state index contributed by atoms with van der Waals surface area (Å²) >= 11 is 3.41. The van der Waals surface area contributed by atoms with Gasteiger partial charge in [0.05, 0.1) is 5.52 Å². The summed E-state index contributed by atoms with van der Waals surface area (Å²) < 4.78 is 2.98. The Labute approximate surface area is 119 Å². The molecule has 0 aliphatic heterocycles. The summed E-state index contributed by atoms with van der Waals surface area (Å²) in [4.78, 5) is 15.6. The van der Waals surface area contributed by atoms with E-state index in [1.165, 1.54) is 0 Å². The van der Waals surface area contributed by atoms with E-state index in [-0.39, 0.29) is 0 Å². The van der Waals surface area contributed by atoms with Crippen molar-refractivity contribution in [2.75, 3.05) is 0 Å². The van der Waals surface area contributed by atoms with E-state index < -0.39 is 0 Å². The molecule has 0 spiro atoms. The smallest absolute Gasteiger partial charge is 0.170 e. The largest absolute Gasteiger partial charge is 0.299 e. The highest BCUT2D eigenvalue weighted by Gasteiger charge is 2.13. The van der Waals surface area contributed by atoms with Gasteiger partial charge in [0, 0.05) is 16.2 Å². The Morgan fingerprint density at radius 2 is 1.95 bits per heavy atom. The third-order valence-electron chi connectivity index (χ3n) is 3.11. The molecule has 0 bridgehead atoms. The molecule has 0 saturated heterocycles. The second-order valence-corrected chi connectivity index (χ2v) is 5.27. The van der Waals surface area contributed by atoms with E-state index in [2.05, 4.69) is 20.9 Å². The van der Waals surface area contributed by atoms with Crippen molar-refractivity contribution < 1.29 is 4.79 Å². The maximum atomic E-state index is 11.2. The maximum absolute atomic E-state index is 11.2. The minimum atomic E-state index is 0.482. The third-order valence-corrected chi connectivity index (χ3v) is 3.64. The molecule has 2 heterocycles. The lowest BCUT2D eigenvalue weighted by Crippen LogP contribution is -1.90. The maximum Gasteiger partial charge on any atom is 0.170 e. The zero-order chi connectivity index (χ0) is 13.4. The fraction of sp³-hybridized carbons (Fsp3) is 0.0667. The molecule has 0 fully saturated rings. The number of nitrogens with zero attached hydrogens (tertiary/aromatic N) is 2. The number of pyridine rings is 1. The molecule has 3 nitrogen and oxygen atoms in total. The van der Waals surface area contributed by atoms with Crippen LogP contribution in [0.3, 0.4) is 0 Å². The van der Waals surface area contributed by atoms with Crippen molar-refractivity contribution in [1.29, 1.82) is 0 Å². The second-order valence-electron chi connectivity index (χ2n) is 4.36. The van der Waals surface area contributed by atoms with Gasteiger partial charge in [0.15, 0.2) is 6.29 Å². The van der Waals surface area contributed by atoms with Gasteiger partial charge in [-0.3, -0.25) is 9.20 Å². The molecule has 2 aromatic heterocycles. The van der Waals surface area contributed by atoms with Crippen LogP contribution in [0.4, 0.5) is 0 Å². The van der Waals surface area contributed by atoms with E-state index in [9.17, 15) is 4.79 Å². The first kappa shape index (κ1) is 12.1. The average molecular weight is 315 g/mol. The Hall–Kier alpha value is -1.94. The van der Waals surface area contributed by atoms with Crippen molar-refractivity contribution in [3.63, 3.8) is 0 Å². The summed E-state index contributed by atoms with van der Waals surface area (Å²) in [7, 11) is 0. The number of imidazole rings is 1. The number of carbonyl (C=O) groups excluding carboxylic acids is 1. The molecule has 19 heavy (non-hydrogen) atoms. The predicted molar refractivity (Wildman–Crippen MR) is 78.5 cm³/mol. The minimum absolute atomic E-state index is 0.482. The highest BCUT2D eigenvalue weighted by Crippen LogP contribution is 2.25. The molecule has 0 radical (unpaired) electrons. The lowest BCUT2D eigenvalue weighted by Gasteiger charge is -2.03. The van der Waals surface area contributed by atoms with Gasteiger partial charge in [0.25, 0.3) is 0 Å². The standard InChI is InChI=1S/C15H11BrN2O/c1-10-3-2-8-18-14(10)13(9-19)17-15(18)11-4-6-12(16)7-5-11/h2-9H,1H3. The summed E-state index contributed by atoms with van der Waals surface area (Å²) in [5.74, 6) is 0.785. The number of aryl methyl sites for hydroxylation is 1. The van der Waals surface area contributed by atoms with Crippen molar-refractivity contribution in [2.45, 2.75) is 6.92 Å². The fourth-order valence-electron chi connectivity index (χ4n) is 2.22. The number of aldehydes is 1. The van der Waals surface area contributed by atoms with Gasteiger partial charge in [-0.2, -0.15) is 0 Å². The molecule has 0 unspecified atom stereocenters. The molecule has 4 heteroatoms. The summed E-state index contributed by atoms with van der Waals surface area (Å²) in [5, 5.41) is 0. The van der Waals surface area contributed by atoms with Crippen LogP contribution in [0.5, 0.6) is 0 Å². The first-order valence-electron chi connectivity index (χ1n) is 5.89. The van der Waals surface area contributed by atoms with Gasteiger partial charge in [-0.1, -0.05) is 34.1 Å². The first-order chi connectivity index (χ1) is 9.20. The monoisotopic (exact) mass is 314 g/mol. The lowest BCUT2D eigenvalue weighted by molar-refractivity contribution is 0.112. The summed E-state index contributed by atoms with van der Waals surface area (Å²) in [6.45, 7) is 1.98. The predicted octanol–water partition coefficient (Wildman–Crippen LogP) is 3.88. The third kappa shape index (κ3) is 1.98. The number of fused-ring (bicyclic) bond motifs is 1. The van der Waals surface area contributed by atoms with Crippen molar-refractivity contribution in [3.05, 3.63) is 58.3 Å². The average Bonchev–Trinajstić information content (AvgIpc) is 2.80. The van der Waals surface area contributed by atoms with E-state index in [0.29, 0.717) is 5.69 Å². The molecule has 0 aliphatic rings. The summed E-state index contributed by atoms with van der Waals surface area (Å²) in [5.41, 5.74) is 3.38. The van der Waals surface area contributed by atoms with Gasteiger partial charge in [-0.15, -0.1) is 0 Å². The van der Waals surface area contributed by atoms with Crippen molar-refractivity contribution in [2.24, 2.45) is 0 Å². The van der Waals surface area contributed by atoms with Crippen LogP contribution in [0.2, 0.25) is 0 Å². The fourth-order valence-corrected chi connectivity index (χ4v) is 2.49. The quantitative estimate of drug-likeness (QED) is 0.673. The molecule has 0 amide bonds. The lowest BCUT2D eigenvalue weighted by atomic mass is 10.2. The Morgan fingerprint density at radius 1 is 1.21 bits per heavy atom. The number of aromatic nitrogens is 2. The van der Waals surface area contributed by atoms with Gasteiger partial charge in [0.2, 0.25) is 0 Å². The second kappa shape index (κ2) is 4.63. The Kier molecular flexibility index (Phi) is 2.95. The highest BCUT2D eigenvalue weighted by molar-refractivity contribution is 9.10. The minimum Gasteiger partial charge on any atom is -0.299 e. The van der Waals surface area contributed by atoms with Crippen LogP contribution in [0.25, 0.3) is 16.9 Å². The SMILES string of the molecule is Cc1cccn2c(-c3ccc(Br)cc3)nc(C=O)c12. The van der Waals surface area contributed by atoms with Gasteiger partial charge < -0.3 is 0 Å². The molecule has 3 rings (SSSR count). The summed E-state index contributed by atoms with van der Waals surface area (Å²) in [6, 6.07) is 11.8. The molecule has 0 saturated carbocycles. The van der Waals surface area contributed by atoms with Crippen molar-refractivity contribution in [3.8, 4) is 11.4 Å². The van der Waals surface area contributed by atoms with Crippen molar-refractivity contribution in [1.82, 2.24) is 9.38 Å². The van der Waals surface area contributed by atoms with E-state index in [4.69, 9.17) is 0 Å². The van der Waals surface area contributed by atoms with Gasteiger partial charge in [-0.05, 0) is 30.7 Å². The first-order valence-corrected chi connectivity index (χ1v) is 6.69. The van der Waals surface area contributed by atoms with E-state index >= 15 is 0 Å². The molecular formula is C15H11BrN2O. The highest BCUT2D eigenvalue weighted by atomic mass is 79.9. The Balaban J connectivity index is 2.33. The van der Waals surface area contributed by atoms with Crippen LogP contribution >= 0.6 is 15.9 Å². The molecule has 94 valence electrons. The number of hydrogen-bond acceptors (Lipinski definition) is 2. The zero-order valence-electron chi connectivity index (χ0n) is 10.3. The molecular weight excluding hydrogens is 304 g/mol. The van der Waals surface area contributed by atoms with E-state index in [1.807, 2.05) is 53.9 Å². The number of halogens is 1. The van der Waals surface area contributed by atoms with Crippen LogP contribution in [0.1, 0.15) is 16.1 Å². The van der Waals surface area contributed by atoms with Crippen LogP contribution in [0, 0.1) is 6.92 Å². The number of hydrogen-bond donors (Lipinski definition) is 0. The van der Waals surface area contributed by atoms with Crippen LogP contribution in [-0.2, 0) is 0 Å². The Bertz CT molecular complexity index is 760. The van der Waals surface area contributed by atoms with Gasteiger partial charge in [-0.25, -0.2) is 4.98 Å². The molecule has 0 aliphatic carbocycles. The molecule has 0 atom stereocenters. The zero-order valence-corrected chi connectivity index (χ0v) is 11.9.